The van der Waals surface area contributed by atoms with E-state index in [-0.39, 0.29) is 24.2 Å². The molecule has 2 amide bonds. The fraction of sp³-hybridized carbons (Fsp3) is 0.286. The fourth-order valence-electron chi connectivity index (χ4n) is 1.51. The first-order chi connectivity index (χ1) is 10.3. The van der Waals surface area contributed by atoms with Crippen LogP contribution < -0.4 is 10.6 Å². The summed E-state index contributed by atoms with van der Waals surface area (Å²) in [5, 5.41) is 13.2. The van der Waals surface area contributed by atoms with Crippen molar-refractivity contribution in [2.45, 2.75) is 19.1 Å². The van der Waals surface area contributed by atoms with Gasteiger partial charge in [-0.05, 0) is 12.5 Å². The second-order valence-electron chi connectivity index (χ2n) is 4.35. The number of hydrogen-bond donors (Lipinski definition) is 2. The molecule has 0 fully saturated rings. The van der Waals surface area contributed by atoms with Gasteiger partial charge in [-0.3, -0.25) is 0 Å². The average molecular weight is 315 g/mol. The van der Waals surface area contributed by atoms with Gasteiger partial charge in [-0.25, -0.2) is 9.18 Å². The Morgan fingerprint density at radius 2 is 2.00 bits per heavy atom. The molecule has 2 N–H and O–H groups in total. The first kappa shape index (κ1) is 17.5. The van der Waals surface area contributed by atoms with Crippen molar-refractivity contribution in [2.24, 2.45) is 0 Å². The standard InChI is InChI=1S/C14H13F4N3O/c1-9(14(16,17)18)5-6-20-13(22)21-8-11-4-2-3-10(7-19)12(11)15/h2-4H,1,5-6,8H2,(H2,20,21,22). The van der Waals surface area contributed by atoms with Crippen LogP contribution in [0.15, 0.2) is 30.4 Å². The molecule has 0 aliphatic heterocycles. The number of alkyl halides is 3. The summed E-state index contributed by atoms with van der Waals surface area (Å²) < 4.78 is 50.2. The van der Waals surface area contributed by atoms with Crippen LogP contribution in [0.3, 0.4) is 0 Å². The third-order valence-corrected chi connectivity index (χ3v) is 2.75. The van der Waals surface area contributed by atoms with E-state index < -0.39 is 30.0 Å². The van der Waals surface area contributed by atoms with E-state index in [1.165, 1.54) is 18.2 Å². The van der Waals surface area contributed by atoms with E-state index in [0.29, 0.717) is 0 Å². The zero-order valence-corrected chi connectivity index (χ0v) is 11.4. The molecule has 0 aromatic heterocycles. The van der Waals surface area contributed by atoms with E-state index in [1.54, 1.807) is 6.07 Å². The lowest BCUT2D eigenvalue weighted by Crippen LogP contribution is -2.36. The van der Waals surface area contributed by atoms with Crippen molar-refractivity contribution in [1.29, 1.82) is 5.26 Å². The molecule has 1 aromatic carbocycles. The van der Waals surface area contributed by atoms with Crippen LogP contribution in [0.4, 0.5) is 22.4 Å². The quantitative estimate of drug-likeness (QED) is 0.648. The molecular weight excluding hydrogens is 302 g/mol. The van der Waals surface area contributed by atoms with Gasteiger partial charge in [0.05, 0.1) is 5.56 Å². The first-order valence-electron chi connectivity index (χ1n) is 6.20. The summed E-state index contributed by atoms with van der Waals surface area (Å²) in [6, 6.07) is 5.07. The normalized spacial score (nSPS) is 10.7. The Labute approximate surface area is 124 Å². The number of nitrogens with zero attached hydrogens (tertiary/aromatic N) is 1. The lowest BCUT2D eigenvalue weighted by Gasteiger charge is -2.11. The zero-order valence-electron chi connectivity index (χ0n) is 11.4. The van der Waals surface area contributed by atoms with E-state index in [1.807, 2.05) is 0 Å². The molecule has 8 heteroatoms. The van der Waals surface area contributed by atoms with Gasteiger partial charge in [-0.1, -0.05) is 18.7 Å². The first-order valence-corrected chi connectivity index (χ1v) is 6.20. The molecule has 0 saturated carbocycles. The monoisotopic (exact) mass is 315 g/mol. The minimum Gasteiger partial charge on any atom is -0.338 e. The molecule has 0 spiro atoms. The average Bonchev–Trinajstić information content (AvgIpc) is 2.45. The molecule has 118 valence electrons. The predicted molar refractivity (Wildman–Crippen MR) is 71.2 cm³/mol. The fourth-order valence-corrected chi connectivity index (χ4v) is 1.51. The summed E-state index contributed by atoms with van der Waals surface area (Å²) in [5.74, 6) is -0.740. The number of amides is 2. The summed E-state index contributed by atoms with van der Waals surface area (Å²) in [6.07, 6.45) is -4.92. The number of carbonyl (C=O) groups excluding carboxylic acids is 1. The van der Waals surface area contributed by atoms with E-state index in [4.69, 9.17) is 5.26 Å². The topological polar surface area (TPSA) is 64.9 Å². The number of halogens is 4. The Morgan fingerprint density at radius 3 is 2.59 bits per heavy atom. The molecule has 0 aliphatic rings. The van der Waals surface area contributed by atoms with Crippen molar-refractivity contribution in [2.75, 3.05) is 6.54 Å². The maximum Gasteiger partial charge on any atom is 0.412 e. The van der Waals surface area contributed by atoms with Crippen molar-refractivity contribution >= 4 is 6.03 Å². The summed E-state index contributed by atoms with van der Waals surface area (Å²) in [5.41, 5.74) is -0.990. The van der Waals surface area contributed by atoms with E-state index in [2.05, 4.69) is 17.2 Å². The van der Waals surface area contributed by atoms with Crippen LogP contribution in [-0.2, 0) is 6.54 Å². The highest BCUT2D eigenvalue weighted by Gasteiger charge is 2.31. The number of carbonyl (C=O) groups is 1. The molecule has 0 aliphatic carbocycles. The van der Waals surface area contributed by atoms with Gasteiger partial charge < -0.3 is 10.6 Å². The van der Waals surface area contributed by atoms with Crippen molar-refractivity contribution in [3.8, 4) is 6.07 Å². The molecule has 1 rings (SSSR count). The Hall–Kier alpha value is -2.56. The highest BCUT2D eigenvalue weighted by atomic mass is 19.4. The largest absolute Gasteiger partial charge is 0.412 e. The maximum atomic E-state index is 13.7. The Kier molecular flexibility index (Phi) is 5.92. The van der Waals surface area contributed by atoms with E-state index >= 15 is 0 Å². The number of rotatable bonds is 5. The third kappa shape index (κ3) is 5.09. The molecule has 0 bridgehead atoms. The maximum absolute atomic E-state index is 13.7. The summed E-state index contributed by atoms with van der Waals surface area (Å²) in [4.78, 5) is 11.4. The van der Waals surface area contributed by atoms with Crippen LogP contribution in [0.5, 0.6) is 0 Å². The highest BCUT2D eigenvalue weighted by Crippen LogP contribution is 2.25. The zero-order chi connectivity index (χ0) is 16.8. The molecule has 4 nitrogen and oxygen atoms in total. The SMILES string of the molecule is C=C(CCNC(=O)NCc1cccc(C#N)c1F)C(F)(F)F. The number of nitrogens with one attached hydrogen (secondary N) is 2. The summed E-state index contributed by atoms with van der Waals surface area (Å²) in [7, 11) is 0. The van der Waals surface area contributed by atoms with Gasteiger partial charge in [0.25, 0.3) is 0 Å². The van der Waals surface area contributed by atoms with Gasteiger partial charge in [0.1, 0.15) is 11.9 Å². The van der Waals surface area contributed by atoms with Gasteiger partial charge in [0.15, 0.2) is 0 Å². The van der Waals surface area contributed by atoms with Crippen molar-refractivity contribution in [1.82, 2.24) is 10.6 Å². The summed E-state index contributed by atoms with van der Waals surface area (Å²) in [6.45, 7) is 2.44. The molecule has 0 unspecified atom stereocenters. The van der Waals surface area contributed by atoms with Gasteiger partial charge in [-0.2, -0.15) is 18.4 Å². The molecule has 22 heavy (non-hydrogen) atoms. The summed E-state index contributed by atoms with van der Waals surface area (Å²) >= 11 is 0. The highest BCUT2D eigenvalue weighted by molar-refractivity contribution is 5.73. The van der Waals surface area contributed by atoms with Crippen LogP contribution >= 0.6 is 0 Å². The van der Waals surface area contributed by atoms with Crippen molar-refractivity contribution in [3.05, 3.63) is 47.3 Å². The molecule has 0 radical (unpaired) electrons. The van der Waals surface area contributed by atoms with Crippen LogP contribution in [0.1, 0.15) is 17.5 Å². The number of urea groups is 1. The number of hydrogen-bond acceptors (Lipinski definition) is 2. The Morgan fingerprint density at radius 1 is 1.32 bits per heavy atom. The Bertz CT molecular complexity index is 605. The molecule has 0 atom stereocenters. The molecule has 0 saturated heterocycles. The molecule has 0 heterocycles. The van der Waals surface area contributed by atoms with Gasteiger partial charge in [0.2, 0.25) is 0 Å². The van der Waals surface area contributed by atoms with Crippen LogP contribution in [0.2, 0.25) is 0 Å². The van der Waals surface area contributed by atoms with Gasteiger partial charge in [-0.15, -0.1) is 0 Å². The second-order valence-corrected chi connectivity index (χ2v) is 4.35. The second kappa shape index (κ2) is 7.45. The molecular formula is C14H13F4N3O. The van der Waals surface area contributed by atoms with Crippen LogP contribution in [0.25, 0.3) is 0 Å². The third-order valence-electron chi connectivity index (χ3n) is 2.75. The lowest BCUT2D eigenvalue weighted by molar-refractivity contribution is -0.0934. The minimum atomic E-state index is -4.49. The van der Waals surface area contributed by atoms with E-state index in [0.717, 1.165) is 0 Å². The number of nitriles is 1. The van der Waals surface area contributed by atoms with Gasteiger partial charge in [0, 0.05) is 24.2 Å². The van der Waals surface area contributed by atoms with Crippen LogP contribution in [-0.4, -0.2) is 18.8 Å². The molecule has 1 aromatic rings. The van der Waals surface area contributed by atoms with Crippen molar-refractivity contribution < 1.29 is 22.4 Å². The smallest absolute Gasteiger partial charge is 0.338 e. The van der Waals surface area contributed by atoms with Crippen LogP contribution in [0, 0.1) is 17.1 Å². The van der Waals surface area contributed by atoms with Crippen molar-refractivity contribution in [3.63, 3.8) is 0 Å². The minimum absolute atomic E-state index is 0.105. The number of benzene rings is 1. The van der Waals surface area contributed by atoms with Gasteiger partial charge >= 0.3 is 12.2 Å². The predicted octanol–water partition coefficient (Wildman–Crippen LogP) is 3.01. The van der Waals surface area contributed by atoms with E-state index in [9.17, 15) is 22.4 Å². The lowest BCUT2D eigenvalue weighted by atomic mass is 10.1. The Balaban J connectivity index is 2.42.